The third kappa shape index (κ3) is 3.42. The molecule has 1 fully saturated rings. The Labute approximate surface area is 100 Å². The van der Waals surface area contributed by atoms with Crippen LogP contribution < -0.4 is 10.6 Å². The fourth-order valence-electron chi connectivity index (χ4n) is 1.73. The van der Waals surface area contributed by atoms with E-state index in [9.17, 15) is 8.42 Å². The van der Waals surface area contributed by atoms with Crippen LogP contribution in [0.1, 0.15) is 5.56 Å². The lowest BCUT2D eigenvalue weighted by Gasteiger charge is -2.26. The third-order valence-electron chi connectivity index (χ3n) is 2.59. The number of hydrogen-bond donors (Lipinski definition) is 1. The zero-order valence-corrected chi connectivity index (χ0v) is 10.2. The first kappa shape index (κ1) is 12.3. The van der Waals surface area contributed by atoms with E-state index in [1.54, 1.807) is 0 Å². The van der Waals surface area contributed by atoms with Crippen LogP contribution in [0.25, 0.3) is 0 Å². The topological polar surface area (TPSA) is 78.6 Å². The van der Waals surface area contributed by atoms with Gasteiger partial charge in [-0.15, -0.1) is 0 Å². The first-order chi connectivity index (χ1) is 8.09. The van der Waals surface area contributed by atoms with Crippen LogP contribution in [0.5, 0.6) is 5.75 Å². The number of benzene rings is 1. The molecule has 0 bridgehead atoms. The van der Waals surface area contributed by atoms with Crippen LogP contribution in [0.4, 0.5) is 0 Å². The number of hydrogen-bond acceptors (Lipinski definition) is 5. The van der Waals surface area contributed by atoms with Crippen LogP contribution in [0, 0.1) is 0 Å². The number of sulfone groups is 1. The molecule has 0 amide bonds. The van der Waals surface area contributed by atoms with Gasteiger partial charge in [0.15, 0.2) is 9.84 Å². The Hall–Kier alpha value is -1.11. The SMILES string of the molecule is NOCCc1cccc(OC2CS(=O)(=O)C2)c1. The van der Waals surface area contributed by atoms with Gasteiger partial charge in [0.2, 0.25) is 0 Å². The molecule has 0 spiro atoms. The summed E-state index contributed by atoms with van der Waals surface area (Å²) in [4.78, 5) is 4.51. The van der Waals surface area contributed by atoms with E-state index < -0.39 is 9.84 Å². The van der Waals surface area contributed by atoms with Gasteiger partial charge in [0.1, 0.15) is 11.9 Å². The second-order valence-electron chi connectivity index (χ2n) is 4.08. The van der Waals surface area contributed by atoms with Crippen LogP contribution in [-0.2, 0) is 21.1 Å². The largest absolute Gasteiger partial charge is 0.488 e. The van der Waals surface area contributed by atoms with Crippen molar-refractivity contribution in [1.29, 1.82) is 0 Å². The molecule has 6 heteroatoms. The molecular weight excluding hydrogens is 242 g/mol. The fraction of sp³-hybridized carbons (Fsp3) is 0.455. The zero-order chi connectivity index (χ0) is 12.3. The smallest absolute Gasteiger partial charge is 0.157 e. The van der Waals surface area contributed by atoms with E-state index in [2.05, 4.69) is 4.84 Å². The molecule has 1 aliphatic heterocycles. The molecule has 1 aromatic carbocycles. The van der Waals surface area contributed by atoms with E-state index in [4.69, 9.17) is 10.6 Å². The average Bonchev–Trinajstić information content (AvgIpc) is 2.24. The lowest BCUT2D eigenvalue weighted by atomic mass is 10.1. The molecule has 2 N–H and O–H groups in total. The molecule has 0 aromatic heterocycles. The summed E-state index contributed by atoms with van der Waals surface area (Å²) in [5.74, 6) is 5.88. The lowest BCUT2D eigenvalue weighted by Crippen LogP contribution is -2.45. The molecule has 1 aliphatic rings. The average molecular weight is 257 g/mol. The van der Waals surface area contributed by atoms with Gasteiger partial charge in [0.25, 0.3) is 0 Å². The molecule has 94 valence electrons. The van der Waals surface area contributed by atoms with Crippen molar-refractivity contribution in [3.63, 3.8) is 0 Å². The van der Waals surface area contributed by atoms with Crippen molar-refractivity contribution in [3.8, 4) is 5.75 Å². The summed E-state index contributed by atoms with van der Waals surface area (Å²) in [6.07, 6.45) is 0.498. The predicted octanol–water partition coefficient (Wildman–Crippen LogP) is 0.295. The molecule has 5 nitrogen and oxygen atoms in total. The number of nitrogens with two attached hydrogens (primary N) is 1. The summed E-state index contributed by atoms with van der Waals surface area (Å²) in [5.41, 5.74) is 1.05. The summed E-state index contributed by atoms with van der Waals surface area (Å²) in [6, 6.07) is 7.51. The Balaban J connectivity index is 1.93. The van der Waals surface area contributed by atoms with Gasteiger partial charge >= 0.3 is 0 Å². The molecule has 17 heavy (non-hydrogen) atoms. The van der Waals surface area contributed by atoms with Crippen molar-refractivity contribution < 1.29 is 18.0 Å². The molecule has 2 rings (SSSR count). The van der Waals surface area contributed by atoms with E-state index in [0.717, 1.165) is 5.56 Å². The summed E-state index contributed by atoms with van der Waals surface area (Å²) in [7, 11) is -2.84. The summed E-state index contributed by atoms with van der Waals surface area (Å²) >= 11 is 0. The molecular formula is C11H15NO4S. The van der Waals surface area contributed by atoms with Crippen molar-refractivity contribution in [2.24, 2.45) is 5.90 Å². The maximum atomic E-state index is 11.0. The highest BCUT2D eigenvalue weighted by molar-refractivity contribution is 7.92. The maximum Gasteiger partial charge on any atom is 0.157 e. The maximum absolute atomic E-state index is 11.0. The number of ether oxygens (including phenoxy) is 1. The van der Waals surface area contributed by atoms with E-state index in [1.165, 1.54) is 0 Å². The molecule has 1 heterocycles. The van der Waals surface area contributed by atoms with Gasteiger partial charge in [-0.05, 0) is 24.1 Å². The Morgan fingerprint density at radius 2 is 2.12 bits per heavy atom. The fourth-order valence-corrected chi connectivity index (χ4v) is 2.90. The van der Waals surface area contributed by atoms with Crippen LogP contribution in [0.2, 0.25) is 0 Å². The quantitative estimate of drug-likeness (QED) is 0.767. The van der Waals surface area contributed by atoms with Gasteiger partial charge in [-0.3, -0.25) is 0 Å². The molecule has 0 aliphatic carbocycles. The Bertz CT molecular complexity index is 474. The molecule has 0 atom stereocenters. The summed E-state index contributed by atoms with van der Waals surface area (Å²) < 4.78 is 27.5. The lowest BCUT2D eigenvalue weighted by molar-refractivity contribution is 0.141. The predicted molar refractivity (Wildman–Crippen MR) is 63.4 cm³/mol. The molecule has 0 radical (unpaired) electrons. The Morgan fingerprint density at radius 3 is 2.76 bits per heavy atom. The van der Waals surface area contributed by atoms with Crippen LogP contribution >= 0.6 is 0 Å². The van der Waals surface area contributed by atoms with Gasteiger partial charge in [0.05, 0.1) is 18.1 Å². The van der Waals surface area contributed by atoms with Gasteiger partial charge in [0, 0.05) is 0 Å². The normalized spacial score (nSPS) is 18.6. The number of rotatable bonds is 5. The van der Waals surface area contributed by atoms with E-state index >= 15 is 0 Å². The second-order valence-corrected chi connectivity index (χ2v) is 6.24. The second kappa shape index (κ2) is 5.03. The Morgan fingerprint density at radius 1 is 1.35 bits per heavy atom. The molecule has 1 aromatic rings. The highest BCUT2D eigenvalue weighted by atomic mass is 32.2. The van der Waals surface area contributed by atoms with Crippen molar-refractivity contribution in [1.82, 2.24) is 0 Å². The zero-order valence-electron chi connectivity index (χ0n) is 9.33. The van der Waals surface area contributed by atoms with Crippen LogP contribution in [0.3, 0.4) is 0 Å². The molecule has 0 unspecified atom stereocenters. The third-order valence-corrected chi connectivity index (χ3v) is 4.35. The monoisotopic (exact) mass is 257 g/mol. The van der Waals surface area contributed by atoms with Gasteiger partial charge in [-0.2, -0.15) is 0 Å². The molecule has 1 saturated heterocycles. The van der Waals surface area contributed by atoms with Crippen LogP contribution in [-0.4, -0.2) is 32.6 Å². The molecule has 0 saturated carbocycles. The van der Waals surface area contributed by atoms with Crippen LogP contribution in [0.15, 0.2) is 24.3 Å². The standard InChI is InChI=1S/C11H15NO4S/c12-15-5-4-9-2-1-3-10(6-9)16-11-7-17(13,14)8-11/h1-3,6,11H,4-5,7-8,12H2. The highest BCUT2D eigenvalue weighted by Gasteiger charge is 2.35. The van der Waals surface area contributed by atoms with Gasteiger partial charge < -0.3 is 9.57 Å². The van der Waals surface area contributed by atoms with Crippen molar-refractivity contribution in [2.45, 2.75) is 12.5 Å². The van der Waals surface area contributed by atoms with E-state index in [-0.39, 0.29) is 17.6 Å². The van der Waals surface area contributed by atoms with Gasteiger partial charge in [-0.1, -0.05) is 12.1 Å². The van der Waals surface area contributed by atoms with E-state index in [1.807, 2.05) is 24.3 Å². The highest BCUT2D eigenvalue weighted by Crippen LogP contribution is 2.20. The van der Waals surface area contributed by atoms with Crippen molar-refractivity contribution >= 4 is 9.84 Å². The van der Waals surface area contributed by atoms with E-state index in [0.29, 0.717) is 18.8 Å². The van der Waals surface area contributed by atoms with Crippen molar-refractivity contribution in [3.05, 3.63) is 29.8 Å². The summed E-state index contributed by atoms with van der Waals surface area (Å²) in [6.45, 7) is 0.446. The minimum atomic E-state index is -2.84. The first-order valence-corrected chi connectivity index (χ1v) is 7.19. The van der Waals surface area contributed by atoms with Crippen molar-refractivity contribution in [2.75, 3.05) is 18.1 Å². The first-order valence-electron chi connectivity index (χ1n) is 5.37. The summed E-state index contributed by atoms with van der Waals surface area (Å²) in [5, 5.41) is 0. The van der Waals surface area contributed by atoms with Gasteiger partial charge in [-0.25, -0.2) is 14.3 Å². The minimum absolute atomic E-state index is 0.114. The minimum Gasteiger partial charge on any atom is -0.488 e. The Kier molecular flexibility index (Phi) is 3.66.